The lowest BCUT2D eigenvalue weighted by Crippen LogP contribution is -2.43. The zero-order chi connectivity index (χ0) is 12.7. The van der Waals surface area contributed by atoms with Crippen LogP contribution in [0.15, 0.2) is 14.4 Å². The van der Waals surface area contributed by atoms with Gasteiger partial charge < -0.3 is 14.2 Å². The van der Waals surface area contributed by atoms with E-state index in [4.69, 9.17) is 9.47 Å². The second kappa shape index (κ2) is 6.78. The number of hydrogen-bond donors (Lipinski definition) is 2. The molecule has 0 saturated carbocycles. The Bertz CT molecular complexity index is 467. The van der Waals surface area contributed by atoms with E-state index < -0.39 is 17.1 Å². The minimum absolute atomic E-state index is 0.141. The Hall–Kier alpha value is -1.71. The molecule has 0 aliphatic rings. The van der Waals surface area contributed by atoms with Crippen LogP contribution in [0.2, 0.25) is 0 Å². The van der Waals surface area contributed by atoms with Gasteiger partial charge in [-0.05, 0) is 0 Å². The monoisotopic (exact) mass is 247 g/mol. The molecule has 17 heavy (non-hydrogen) atoms. The van der Waals surface area contributed by atoms with Crippen LogP contribution in [0.1, 0.15) is 0 Å². The number of H-pyrrole nitrogens is 2. The molecule has 0 saturated heterocycles. The van der Waals surface area contributed by atoms with Crippen LogP contribution in [0.5, 0.6) is 0 Å². The lowest BCUT2D eigenvalue weighted by molar-refractivity contribution is -0.0587. The van der Waals surface area contributed by atoms with E-state index in [1.807, 2.05) is 9.97 Å². The molecule has 0 atom stereocenters. The molecule has 1 rings (SSSR count). The van der Waals surface area contributed by atoms with Crippen molar-refractivity contribution in [1.82, 2.24) is 14.5 Å². The van der Waals surface area contributed by atoms with Crippen LogP contribution >= 0.6 is 0 Å². The van der Waals surface area contributed by atoms with Crippen molar-refractivity contribution in [2.24, 2.45) is 0 Å². The standard InChI is InChI=1S/C8H13N3O6/c1-15-5-17-3-2-16-4-11-7(13)9-6(12)10-8(11)14/h2-5H2,1H3,(H2,9,10,12,13,14). The summed E-state index contributed by atoms with van der Waals surface area (Å²) in [6.07, 6.45) is 0. The van der Waals surface area contributed by atoms with Crippen molar-refractivity contribution < 1.29 is 14.2 Å². The summed E-state index contributed by atoms with van der Waals surface area (Å²) in [7, 11) is 1.49. The molecule has 9 nitrogen and oxygen atoms in total. The summed E-state index contributed by atoms with van der Waals surface area (Å²) in [4.78, 5) is 36.9. The number of methoxy groups -OCH3 is 1. The predicted octanol–water partition coefficient (Wildman–Crippen LogP) is -2.18. The first kappa shape index (κ1) is 13.4. The maximum atomic E-state index is 11.2. The third-order valence-electron chi connectivity index (χ3n) is 1.72. The van der Waals surface area contributed by atoms with Crippen LogP contribution in [0, 0.1) is 0 Å². The van der Waals surface area contributed by atoms with Gasteiger partial charge in [-0.3, -0.25) is 9.97 Å². The molecule has 0 aliphatic heterocycles. The molecule has 0 spiro atoms. The quantitative estimate of drug-likeness (QED) is 0.418. The van der Waals surface area contributed by atoms with Gasteiger partial charge in [-0.25, -0.2) is 19.0 Å². The molecule has 96 valence electrons. The first-order valence-corrected chi connectivity index (χ1v) is 4.73. The number of aromatic amines is 2. The van der Waals surface area contributed by atoms with Gasteiger partial charge in [-0.1, -0.05) is 0 Å². The lowest BCUT2D eigenvalue weighted by atomic mass is 10.8. The fraction of sp³-hybridized carbons (Fsp3) is 0.625. The van der Waals surface area contributed by atoms with E-state index in [1.165, 1.54) is 7.11 Å². The molecule has 0 aromatic carbocycles. The molecule has 0 unspecified atom stereocenters. The fourth-order valence-corrected chi connectivity index (χ4v) is 0.986. The van der Waals surface area contributed by atoms with Crippen LogP contribution in [0.25, 0.3) is 0 Å². The number of nitrogens with zero attached hydrogens (tertiary/aromatic N) is 1. The van der Waals surface area contributed by atoms with E-state index in [2.05, 4.69) is 4.74 Å². The molecule has 0 aliphatic carbocycles. The Balaban J connectivity index is 2.45. The van der Waals surface area contributed by atoms with Crippen molar-refractivity contribution in [2.45, 2.75) is 6.73 Å². The molecule has 1 aromatic heterocycles. The molecular formula is C8H13N3O6. The Morgan fingerprint density at radius 3 is 2.24 bits per heavy atom. The molecule has 9 heteroatoms. The minimum atomic E-state index is -0.848. The third kappa shape index (κ3) is 4.34. The molecular weight excluding hydrogens is 234 g/mol. The summed E-state index contributed by atoms with van der Waals surface area (Å²) in [6.45, 7) is 0.335. The van der Waals surface area contributed by atoms with Gasteiger partial charge in [0.1, 0.15) is 13.5 Å². The van der Waals surface area contributed by atoms with Crippen molar-refractivity contribution in [3.8, 4) is 0 Å². The van der Waals surface area contributed by atoms with E-state index in [0.29, 0.717) is 0 Å². The zero-order valence-electron chi connectivity index (χ0n) is 9.23. The van der Waals surface area contributed by atoms with Crippen molar-refractivity contribution in [3.05, 3.63) is 31.5 Å². The maximum Gasteiger partial charge on any atom is 0.335 e. The second-order valence-electron chi connectivity index (χ2n) is 2.97. The topological polar surface area (TPSA) is 115 Å². The highest BCUT2D eigenvalue weighted by atomic mass is 16.7. The van der Waals surface area contributed by atoms with Gasteiger partial charge in [-0.2, -0.15) is 0 Å². The molecule has 0 radical (unpaired) electrons. The average Bonchev–Trinajstić information content (AvgIpc) is 2.26. The second-order valence-corrected chi connectivity index (χ2v) is 2.97. The summed E-state index contributed by atoms with van der Waals surface area (Å²) in [6, 6.07) is 0. The molecule has 0 bridgehead atoms. The van der Waals surface area contributed by atoms with Crippen LogP contribution in [-0.4, -0.2) is 41.7 Å². The van der Waals surface area contributed by atoms with Gasteiger partial charge in [0.05, 0.1) is 13.2 Å². The van der Waals surface area contributed by atoms with Crippen molar-refractivity contribution in [1.29, 1.82) is 0 Å². The lowest BCUT2D eigenvalue weighted by Gasteiger charge is -2.05. The SMILES string of the molecule is COCOCCOCn1c(=O)[nH]c(=O)[nH]c1=O. The molecule has 0 fully saturated rings. The predicted molar refractivity (Wildman–Crippen MR) is 55.7 cm³/mol. The van der Waals surface area contributed by atoms with Gasteiger partial charge in [0.15, 0.2) is 0 Å². The molecule has 1 heterocycles. The number of rotatable bonds is 7. The molecule has 1 aromatic rings. The highest BCUT2D eigenvalue weighted by molar-refractivity contribution is 4.67. The first-order valence-electron chi connectivity index (χ1n) is 4.73. The Morgan fingerprint density at radius 2 is 1.65 bits per heavy atom. The van der Waals surface area contributed by atoms with Crippen molar-refractivity contribution in [2.75, 3.05) is 27.1 Å². The summed E-state index contributed by atoms with van der Waals surface area (Å²) in [5.74, 6) is 0. The van der Waals surface area contributed by atoms with Crippen LogP contribution in [0.4, 0.5) is 0 Å². The summed E-state index contributed by atoms with van der Waals surface area (Å²) in [5.41, 5.74) is -2.49. The van der Waals surface area contributed by atoms with E-state index in [-0.39, 0.29) is 26.7 Å². The number of aromatic nitrogens is 3. The summed E-state index contributed by atoms with van der Waals surface area (Å²) < 4.78 is 15.3. The number of hydrogen-bond acceptors (Lipinski definition) is 6. The van der Waals surface area contributed by atoms with E-state index in [9.17, 15) is 14.4 Å². The largest absolute Gasteiger partial charge is 0.359 e. The maximum absolute atomic E-state index is 11.2. The van der Waals surface area contributed by atoms with Crippen LogP contribution in [-0.2, 0) is 20.9 Å². The smallest absolute Gasteiger partial charge is 0.335 e. The number of nitrogens with one attached hydrogen (secondary N) is 2. The van der Waals surface area contributed by atoms with Gasteiger partial charge in [0.25, 0.3) is 0 Å². The van der Waals surface area contributed by atoms with Crippen molar-refractivity contribution in [3.63, 3.8) is 0 Å². The normalized spacial score (nSPS) is 10.6. The van der Waals surface area contributed by atoms with Gasteiger partial charge in [-0.15, -0.1) is 0 Å². The van der Waals surface area contributed by atoms with Gasteiger partial charge in [0.2, 0.25) is 0 Å². The third-order valence-corrected chi connectivity index (χ3v) is 1.72. The Kier molecular flexibility index (Phi) is 5.33. The average molecular weight is 247 g/mol. The Morgan fingerprint density at radius 1 is 1.06 bits per heavy atom. The molecule has 0 amide bonds. The zero-order valence-corrected chi connectivity index (χ0v) is 9.23. The summed E-state index contributed by atoms with van der Waals surface area (Å²) >= 11 is 0. The Labute approximate surface area is 95.0 Å². The van der Waals surface area contributed by atoms with E-state index >= 15 is 0 Å². The highest BCUT2D eigenvalue weighted by Gasteiger charge is 2.01. The minimum Gasteiger partial charge on any atom is -0.359 e. The number of ether oxygens (including phenoxy) is 3. The highest BCUT2D eigenvalue weighted by Crippen LogP contribution is 1.80. The van der Waals surface area contributed by atoms with Crippen molar-refractivity contribution >= 4 is 0 Å². The molecule has 2 N–H and O–H groups in total. The van der Waals surface area contributed by atoms with E-state index in [0.717, 1.165) is 4.57 Å². The first-order chi connectivity index (χ1) is 8.15. The van der Waals surface area contributed by atoms with Crippen LogP contribution < -0.4 is 17.1 Å². The van der Waals surface area contributed by atoms with Crippen LogP contribution in [0.3, 0.4) is 0 Å². The van der Waals surface area contributed by atoms with Gasteiger partial charge >= 0.3 is 17.1 Å². The summed E-state index contributed by atoms with van der Waals surface area (Å²) in [5, 5.41) is 0. The van der Waals surface area contributed by atoms with Gasteiger partial charge in [0, 0.05) is 7.11 Å². The fourth-order valence-electron chi connectivity index (χ4n) is 0.986. The van der Waals surface area contributed by atoms with E-state index in [1.54, 1.807) is 0 Å².